The molecule has 0 aliphatic rings. The Balaban J connectivity index is 2.14. The van der Waals surface area contributed by atoms with Crippen LogP contribution in [0.1, 0.15) is 17.4 Å². The minimum atomic E-state index is -3.68. The number of benzene rings is 1. The summed E-state index contributed by atoms with van der Waals surface area (Å²) in [5, 5.41) is 0. The number of nitrogens with one attached hydrogen (secondary N) is 1. The molecule has 0 saturated carbocycles. The standard InChI is InChI=1S/C17H21NO5S/c1-14-7-9-15(10-8-14)24(19,20)18-16(17-6-4-12-23-17)5-3-11-22-13-21-2/h3-10,12,16,18H,11,13H2,1-2H3/b5-3-/t16-/m1/s1. The number of hydrogen-bond donors (Lipinski definition) is 1. The lowest BCUT2D eigenvalue weighted by Crippen LogP contribution is -2.27. The first-order chi connectivity index (χ1) is 11.5. The van der Waals surface area contributed by atoms with E-state index in [4.69, 9.17) is 13.9 Å². The first-order valence-corrected chi connectivity index (χ1v) is 8.87. The van der Waals surface area contributed by atoms with Gasteiger partial charge in [0.1, 0.15) is 12.6 Å². The third-order valence-corrected chi connectivity index (χ3v) is 4.66. The van der Waals surface area contributed by atoms with Gasteiger partial charge < -0.3 is 13.9 Å². The molecule has 130 valence electrons. The summed E-state index contributed by atoms with van der Waals surface area (Å²) in [4.78, 5) is 0.202. The topological polar surface area (TPSA) is 77.8 Å². The lowest BCUT2D eigenvalue weighted by molar-refractivity contribution is -0.0187. The van der Waals surface area contributed by atoms with Crippen molar-refractivity contribution in [3.05, 3.63) is 66.1 Å². The molecule has 0 saturated heterocycles. The summed E-state index contributed by atoms with van der Waals surface area (Å²) in [5.41, 5.74) is 0.992. The summed E-state index contributed by atoms with van der Waals surface area (Å²) >= 11 is 0. The molecular weight excluding hydrogens is 330 g/mol. The van der Waals surface area contributed by atoms with Crippen LogP contribution in [0.25, 0.3) is 0 Å². The molecule has 0 unspecified atom stereocenters. The molecule has 1 aromatic heterocycles. The van der Waals surface area contributed by atoms with E-state index >= 15 is 0 Å². The van der Waals surface area contributed by atoms with Crippen LogP contribution >= 0.6 is 0 Å². The third-order valence-electron chi connectivity index (χ3n) is 3.21. The minimum absolute atomic E-state index is 0.171. The molecular formula is C17H21NO5S. The molecule has 24 heavy (non-hydrogen) atoms. The number of sulfonamides is 1. The van der Waals surface area contributed by atoms with E-state index in [1.54, 1.807) is 48.6 Å². The van der Waals surface area contributed by atoms with E-state index in [-0.39, 0.29) is 11.7 Å². The second-order valence-electron chi connectivity index (χ2n) is 5.13. The van der Waals surface area contributed by atoms with Crippen LogP contribution in [-0.4, -0.2) is 28.9 Å². The van der Waals surface area contributed by atoms with E-state index in [1.807, 2.05) is 6.92 Å². The van der Waals surface area contributed by atoms with Crippen LogP contribution in [0.5, 0.6) is 0 Å². The Morgan fingerprint density at radius 2 is 2.00 bits per heavy atom. The van der Waals surface area contributed by atoms with Gasteiger partial charge in [-0.05, 0) is 31.2 Å². The van der Waals surface area contributed by atoms with Gasteiger partial charge in [-0.25, -0.2) is 8.42 Å². The highest BCUT2D eigenvalue weighted by Crippen LogP contribution is 2.19. The largest absolute Gasteiger partial charge is 0.467 e. The van der Waals surface area contributed by atoms with Gasteiger partial charge in [0.15, 0.2) is 0 Å². The van der Waals surface area contributed by atoms with Crippen molar-refractivity contribution >= 4 is 10.0 Å². The van der Waals surface area contributed by atoms with Crippen molar-refractivity contribution in [2.75, 3.05) is 20.5 Å². The zero-order valence-corrected chi connectivity index (χ0v) is 14.5. The Kier molecular flexibility index (Phi) is 6.74. The molecule has 7 heteroatoms. The highest BCUT2D eigenvalue weighted by Gasteiger charge is 2.21. The van der Waals surface area contributed by atoms with E-state index in [0.717, 1.165) is 5.56 Å². The minimum Gasteiger partial charge on any atom is -0.467 e. The molecule has 0 bridgehead atoms. The van der Waals surface area contributed by atoms with Gasteiger partial charge in [-0.15, -0.1) is 0 Å². The number of ether oxygens (including phenoxy) is 2. The first kappa shape index (κ1) is 18.4. The molecule has 2 rings (SSSR count). The summed E-state index contributed by atoms with van der Waals surface area (Å²) in [6.45, 7) is 2.38. The Bertz CT molecular complexity index is 736. The van der Waals surface area contributed by atoms with E-state index in [9.17, 15) is 8.42 Å². The average Bonchev–Trinajstić information content (AvgIpc) is 3.08. The van der Waals surface area contributed by atoms with Crippen molar-refractivity contribution in [1.82, 2.24) is 4.72 Å². The van der Waals surface area contributed by atoms with Gasteiger partial charge in [0.25, 0.3) is 0 Å². The van der Waals surface area contributed by atoms with Crippen molar-refractivity contribution in [3.63, 3.8) is 0 Å². The zero-order valence-electron chi connectivity index (χ0n) is 13.6. The lowest BCUT2D eigenvalue weighted by Gasteiger charge is -2.13. The zero-order chi connectivity index (χ0) is 17.4. The van der Waals surface area contributed by atoms with E-state index in [1.165, 1.54) is 13.4 Å². The molecule has 2 aromatic rings. The molecule has 0 fully saturated rings. The van der Waals surface area contributed by atoms with Crippen LogP contribution in [0.4, 0.5) is 0 Å². The van der Waals surface area contributed by atoms with E-state index in [0.29, 0.717) is 12.4 Å². The average molecular weight is 351 g/mol. The molecule has 1 aromatic carbocycles. The van der Waals surface area contributed by atoms with Gasteiger partial charge in [0, 0.05) is 7.11 Å². The maximum Gasteiger partial charge on any atom is 0.241 e. The van der Waals surface area contributed by atoms with Crippen LogP contribution < -0.4 is 4.72 Å². The summed E-state index contributed by atoms with van der Waals surface area (Å²) in [7, 11) is -2.14. The van der Waals surface area contributed by atoms with Crippen LogP contribution in [0, 0.1) is 6.92 Å². The summed E-state index contributed by atoms with van der Waals surface area (Å²) in [6, 6.07) is 9.44. The van der Waals surface area contributed by atoms with Crippen LogP contribution in [0.2, 0.25) is 0 Å². The van der Waals surface area contributed by atoms with Gasteiger partial charge in [-0.2, -0.15) is 4.72 Å². The van der Waals surface area contributed by atoms with Crippen molar-refractivity contribution in [2.24, 2.45) is 0 Å². The second-order valence-corrected chi connectivity index (χ2v) is 6.85. The van der Waals surface area contributed by atoms with Gasteiger partial charge in [-0.3, -0.25) is 0 Å². The van der Waals surface area contributed by atoms with Crippen molar-refractivity contribution in [3.8, 4) is 0 Å². The Morgan fingerprint density at radius 3 is 2.62 bits per heavy atom. The second kappa shape index (κ2) is 8.79. The maximum absolute atomic E-state index is 12.5. The van der Waals surface area contributed by atoms with E-state index in [2.05, 4.69) is 4.72 Å². The molecule has 0 radical (unpaired) electrons. The fourth-order valence-corrected chi connectivity index (χ4v) is 3.16. The smallest absolute Gasteiger partial charge is 0.241 e. The van der Waals surface area contributed by atoms with Gasteiger partial charge in [0.2, 0.25) is 10.0 Å². The monoisotopic (exact) mass is 351 g/mol. The SMILES string of the molecule is COCOC/C=C\[C@@H](NS(=O)(=O)c1ccc(C)cc1)c1ccco1. The molecule has 0 amide bonds. The summed E-state index contributed by atoms with van der Waals surface area (Å²) < 4.78 is 43.0. The molecule has 1 atom stereocenters. The Hall–Kier alpha value is -1.93. The van der Waals surface area contributed by atoms with Crippen molar-refractivity contribution in [1.29, 1.82) is 0 Å². The molecule has 1 N–H and O–H groups in total. The normalized spacial score (nSPS) is 13.4. The number of aryl methyl sites for hydroxylation is 1. The third kappa shape index (κ3) is 5.31. The maximum atomic E-state index is 12.5. The molecule has 0 spiro atoms. The van der Waals surface area contributed by atoms with E-state index < -0.39 is 16.1 Å². The van der Waals surface area contributed by atoms with Crippen molar-refractivity contribution < 1.29 is 22.3 Å². The van der Waals surface area contributed by atoms with Crippen LogP contribution in [-0.2, 0) is 19.5 Å². The highest BCUT2D eigenvalue weighted by atomic mass is 32.2. The molecule has 0 aliphatic carbocycles. The molecule has 6 nitrogen and oxygen atoms in total. The Labute approximate surface area is 142 Å². The number of methoxy groups -OCH3 is 1. The predicted molar refractivity (Wildman–Crippen MR) is 89.9 cm³/mol. The quantitative estimate of drug-likeness (QED) is 0.427. The summed E-state index contributed by atoms with van der Waals surface area (Å²) in [6.07, 6.45) is 4.89. The van der Waals surface area contributed by atoms with Gasteiger partial charge in [-0.1, -0.05) is 29.8 Å². The summed E-state index contributed by atoms with van der Waals surface area (Å²) in [5.74, 6) is 0.494. The predicted octanol–water partition coefficient (Wildman–Crippen LogP) is 2.78. The van der Waals surface area contributed by atoms with Crippen LogP contribution in [0.15, 0.2) is 64.1 Å². The van der Waals surface area contributed by atoms with Gasteiger partial charge >= 0.3 is 0 Å². The van der Waals surface area contributed by atoms with Crippen molar-refractivity contribution in [2.45, 2.75) is 17.9 Å². The fraction of sp³-hybridized carbons (Fsp3) is 0.294. The van der Waals surface area contributed by atoms with Crippen LogP contribution in [0.3, 0.4) is 0 Å². The fourth-order valence-electron chi connectivity index (χ4n) is 2.00. The number of rotatable bonds is 9. The number of furan rings is 1. The van der Waals surface area contributed by atoms with Gasteiger partial charge in [0.05, 0.1) is 23.8 Å². The molecule has 1 heterocycles. The lowest BCUT2D eigenvalue weighted by atomic mass is 10.2. The number of hydrogen-bond acceptors (Lipinski definition) is 5. The molecule has 0 aliphatic heterocycles. The highest BCUT2D eigenvalue weighted by molar-refractivity contribution is 7.89. The Morgan fingerprint density at radius 1 is 1.25 bits per heavy atom. The first-order valence-electron chi connectivity index (χ1n) is 7.38.